The molecule has 1 aliphatic heterocycles. The van der Waals surface area contributed by atoms with Crippen LogP contribution in [0.15, 0.2) is 24.3 Å². The Labute approximate surface area is 167 Å². The van der Waals surface area contributed by atoms with Gasteiger partial charge in [0.15, 0.2) is 11.3 Å². The van der Waals surface area contributed by atoms with Gasteiger partial charge in [0.05, 0.1) is 17.8 Å². The lowest BCUT2D eigenvalue weighted by molar-refractivity contribution is 0.0516. The number of piperazine rings is 1. The third kappa shape index (κ3) is 2.72. The lowest BCUT2D eigenvalue weighted by Crippen LogP contribution is -2.45. The van der Waals surface area contributed by atoms with Crippen LogP contribution in [0.3, 0.4) is 0 Å². The molecule has 9 nitrogen and oxygen atoms in total. The Bertz CT molecular complexity index is 1230. The summed E-state index contributed by atoms with van der Waals surface area (Å²) in [7, 11) is 2.12. The van der Waals surface area contributed by atoms with Gasteiger partial charge in [0.25, 0.3) is 0 Å². The van der Waals surface area contributed by atoms with Crippen LogP contribution in [0.25, 0.3) is 22.3 Å². The van der Waals surface area contributed by atoms with E-state index in [1.165, 1.54) is 0 Å². The monoisotopic (exact) mass is 393 g/mol. The van der Waals surface area contributed by atoms with Crippen molar-refractivity contribution >= 4 is 34.2 Å². The maximum atomic E-state index is 12.5. The van der Waals surface area contributed by atoms with Crippen molar-refractivity contribution in [1.29, 1.82) is 0 Å². The molecule has 0 spiro atoms. The van der Waals surface area contributed by atoms with E-state index in [9.17, 15) is 4.79 Å². The first-order chi connectivity index (χ1) is 14.1. The lowest BCUT2D eigenvalue weighted by Gasteiger charge is -2.33. The fraction of sp³-hybridized carbons (Fsp3) is 0.400. The van der Waals surface area contributed by atoms with Gasteiger partial charge in [-0.2, -0.15) is 4.52 Å². The van der Waals surface area contributed by atoms with Crippen molar-refractivity contribution < 1.29 is 9.53 Å². The average molecular weight is 393 g/mol. The third-order valence-corrected chi connectivity index (χ3v) is 5.44. The van der Waals surface area contributed by atoms with Crippen molar-refractivity contribution in [3.05, 3.63) is 35.7 Å². The third-order valence-electron chi connectivity index (χ3n) is 5.44. The van der Waals surface area contributed by atoms with Crippen molar-refractivity contribution in [2.24, 2.45) is 0 Å². The maximum absolute atomic E-state index is 12.5. The smallest absolute Gasteiger partial charge is 0.359 e. The van der Waals surface area contributed by atoms with Crippen LogP contribution in [-0.2, 0) is 4.74 Å². The van der Waals surface area contributed by atoms with Crippen molar-refractivity contribution in [3.8, 4) is 0 Å². The summed E-state index contributed by atoms with van der Waals surface area (Å²) in [5.74, 6) is 0.960. The number of likely N-dealkylation sites (N-methyl/N-ethyl adjacent to an activating group) is 1. The molecule has 0 radical (unpaired) electrons. The average Bonchev–Trinajstić information content (AvgIpc) is 3.23. The van der Waals surface area contributed by atoms with Gasteiger partial charge in [0.1, 0.15) is 0 Å². The number of carbonyl (C=O) groups excluding carboxylic acids is 1. The molecule has 5 rings (SSSR count). The number of para-hydroxylation sites is 1. The molecule has 1 saturated heterocycles. The number of imidazole rings is 1. The van der Waals surface area contributed by atoms with Gasteiger partial charge >= 0.3 is 5.97 Å². The summed E-state index contributed by atoms with van der Waals surface area (Å²) < 4.78 is 8.79. The van der Waals surface area contributed by atoms with E-state index in [1.807, 2.05) is 28.7 Å². The highest BCUT2D eigenvalue weighted by atomic mass is 16.5. The van der Waals surface area contributed by atoms with Crippen molar-refractivity contribution in [2.75, 3.05) is 44.7 Å². The lowest BCUT2D eigenvalue weighted by atomic mass is 10.2. The molecule has 0 saturated carbocycles. The largest absolute Gasteiger partial charge is 0.461 e. The van der Waals surface area contributed by atoms with Gasteiger partial charge in [0, 0.05) is 31.6 Å². The minimum absolute atomic E-state index is 0.301. The first kappa shape index (κ1) is 17.9. The van der Waals surface area contributed by atoms with E-state index < -0.39 is 5.97 Å². The molecular weight excluding hydrogens is 370 g/mol. The number of nitrogens with zero attached hydrogens (tertiary/aromatic N) is 7. The van der Waals surface area contributed by atoms with Crippen LogP contribution >= 0.6 is 0 Å². The summed E-state index contributed by atoms with van der Waals surface area (Å²) in [5.41, 5.74) is 2.56. The van der Waals surface area contributed by atoms with Gasteiger partial charge in [-0.15, -0.1) is 5.10 Å². The van der Waals surface area contributed by atoms with E-state index in [0.29, 0.717) is 23.8 Å². The topological polar surface area (TPSA) is 80.3 Å². The van der Waals surface area contributed by atoms with Crippen molar-refractivity contribution in [3.63, 3.8) is 0 Å². The van der Waals surface area contributed by atoms with E-state index in [0.717, 1.165) is 48.7 Å². The van der Waals surface area contributed by atoms with Gasteiger partial charge in [-0.25, -0.2) is 19.2 Å². The predicted octanol–water partition coefficient (Wildman–Crippen LogP) is 1.77. The van der Waals surface area contributed by atoms with Crippen LogP contribution in [0, 0.1) is 6.92 Å². The number of esters is 1. The first-order valence-electron chi connectivity index (χ1n) is 9.85. The number of anilines is 1. The predicted molar refractivity (Wildman–Crippen MR) is 110 cm³/mol. The van der Waals surface area contributed by atoms with E-state index in [1.54, 1.807) is 18.4 Å². The molecule has 0 atom stereocenters. The first-order valence-corrected chi connectivity index (χ1v) is 9.85. The number of carbonyl (C=O) groups is 1. The Morgan fingerprint density at radius 1 is 1.14 bits per heavy atom. The van der Waals surface area contributed by atoms with Crippen LogP contribution < -0.4 is 4.90 Å². The zero-order valence-electron chi connectivity index (χ0n) is 16.8. The molecule has 0 N–H and O–H groups in total. The minimum Gasteiger partial charge on any atom is -0.461 e. The summed E-state index contributed by atoms with van der Waals surface area (Å²) in [6, 6.07) is 7.93. The molecule has 0 bridgehead atoms. The SMILES string of the molecule is CCOC(=O)c1c(C)nc2n1nc1c3ccccc3nc(N3CCN(C)CC3)n12. The second kappa shape index (κ2) is 6.70. The fourth-order valence-corrected chi connectivity index (χ4v) is 3.91. The summed E-state index contributed by atoms with van der Waals surface area (Å²) in [6.45, 7) is 7.55. The molecule has 150 valence electrons. The quantitative estimate of drug-likeness (QED) is 0.491. The summed E-state index contributed by atoms with van der Waals surface area (Å²) in [4.78, 5) is 26.7. The maximum Gasteiger partial charge on any atom is 0.359 e. The molecule has 4 aromatic rings. The molecule has 9 heteroatoms. The number of aromatic nitrogens is 5. The summed E-state index contributed by atoms with van der Waals surface area (Å²) >= 11 is 0. The Kier molecular flexibility index (Phi) is 4.13. The van der Waals surface area contributed by atoms with Crippen molar-refractivity contribution in [1.82, 2.24) is 28.9 Å². The Balaban J connectivity index is 1.82. The van der Waals surface area contributed by atoms with E-state index >= 15 is 0 Å². The van der Waals surface area contributed by atoms with Crippen LogP contribution in [0.2, 0.25) is 0 Å². The molecule has 3 aromatic heterocycles. The van der Waals surface area contributed by atoms with Gasteiger partial charge in [-0.1, -0.05) is 12.1 Å². The Hall–Kier alpha value is -3.20. The molecular formula is C20H23N7O2. The van der Waals surface area contributed by atoms with Gasteiger partial charge in [0.2, 0.25) is 11.7 Å². The second-order valence-electron chi connectivity index (χ2n) is 7.36. The van der Waals surface area contributed by atoms with Gasteiger partial charge < -0.3 is 14.5 Å². The highest BCUT2D eigenvalue weighted by Gasteiger charge is 2.26. The zero-order chi connectivity index (χ0) is 20.1. The summed E-state index contributed by atoms with van der Waals surface area (Å²) in [5, 5.41) is 5.70. The van der Waals surface area contributed by atoms with Crippen molar-refractivity contribution in [2.45, 2.75) is 13.8 Å². The van der Waals surface area contributed by atoms with Crippen LogP contribution in [-0.4, -0.2) is 74.7 Å². The second-order valence-corrected chi connectivity index (χ2v) is 7.36. The van der Waals surface area contributed by atoms with E-state index in [2.05, 4.69) is 21.8 Å². The van der Waals surface area contributed by atoms with Gasteiger partial charge in [-0.3, -0.25) is 0 Å². The zero-order valence-corrected chi connectivity index (χ0v) is 16.8. The van der Waals surface area contributed by atoms with E-state index in [-0.39, 0.29) is 0 Å². The molecule has 1 aromatic carbocycles. The van der Waals surface area contributed by atoms with Crippen LogP contribution in [0.5, 0.6) is 0 Å². The molecule has 0 unspecified atom stereocenters. The standard InChI is InChI=1S/C20H23N7O2/c1-4-29-18(28)16-13(2)21-20-26-17(23-27(16)20)14-7-5-6-8-15(14)22-19(26)25-11-9-24(3)10-12-25/h5-8H,4,9-12H2,1-3H3. The molecule has 29 heavy (non-hydrogen) atoms. The molecule has 1 fully saturated rings. The minimum atomic E-state index is -0.417. The molecule has 0 aliphatic carbocycles. The normalized spacial score (nSPS) is 15.6. The van der Waals surface area contributed by atoms with E-state index in [4.69, 9.17) is 14.8 Å². The Morgan fingerprint density at radius 3 is 2.66 bits per heavy atom. The number of hydrogen-bond donors (Lipinski definition) is 0. The number of rotatable bonds is 3. The number of hydrogen-bond acceptors (Lipinski definition) is 7. The fourth-order valence-electron chi connectivity index (χ4n) is 3.91. The number of benzene rings is 1. The number of ether oxygens (including phenoxy) is 1. The molecule has 4 heterocycles. The summed E-state index contributed by atoms with van der Waals surface area (Å²) in [6.07, 6.45) is 0. The highest BCUT2D eigenvalue weighted by molar-refractivity contribution is 5.95. The number of fused-ring (bicyclic) bond motifs is 5. The van der Waals surface area contributed by atoms with Gasteiger partial charge in [-0.05, 0) is 33.0 Å². The Morgan fingerprint density at radius 2 is 1.90 bits per heavy atom. The molecule has 0 amide bonds. The van der Waals surface area contributed by atoms with Crippen LogP contribution in [0.1, 0.15) is 23.1 Å². The molecule has 1 aliphatic rings. The van der Waals surface area contributed by atoms with Crippen LogP contribution in [0.4, 0.5) is 5.95 Å². The highest BCUT2D eigenvalue weighted by Crippen LogP contribution is 2.27. The number of aryl methyl sites for hydroxylation is 1.